The maximum absolute atomic E-state index is 5.79. The molecule has 0 spiro atoms. The van der Waals surface area contributed by atoms with Gasteiger partial charge in [0, 0.05) is 17.3 Å². The molecular formula is C14H12N6S. The Morgan fingerprint density at radius 1 is 1.14 bits per heavy atom. The number of nitrogens with two attached hydrogens (primary N) is 1. The minimum Gasteiger partial charge on any atom is -0.380 e. The molecule has 0 saturated heterocycles. The summed E-state index contributed by atoms with van der Waals surface area (Å²) >= 11 is 1.64. The summed E-state index contributed by atoms with van der Waals surface area (Å²) in [6.45, 7) is 0. The van der Waals surface area contributed by atoms with E-state index in [-0.39, 0.29) is 0 Å². The van der Waals surface area contributed by atoms with Crippen molar-refractivity contribution in [2.24, 2.45) is 7.05 Å². The van der Waals surface area contributed by atoms with Crippen molar-refractivity contribution in [1.82, 2.24) is 25.2 Å². The van der Waals surface area contributed by atoms with Gasteiger partial charge in [0.05, 0.1) is 16.6 Å². The highest BCUT2D eigenvalue weighted by molar-refractivity contribution is 7.18. The molecule has 0 aliphatic rings. The van der Waals surface area contributed by atoms with Gasteiger partial charge in [-0.3, -0.25) is 4.68 Å². The van der Waals surface area contributed by atoms with Gasteiger partial charge in [-0.2, -0.15) is 15.4 Å². The average molecular weight is 296 g/mol. The number of aromatic nitrogens is 5. The van der Waals surface area contributed by atoms with Crippen LogP contribution in [0.4, 0.5) is 5.82 Å². The monoisotopic (exact) mass is 296 g/mol. The lowest BCUT2D eigenvalue weighted by atomic mass is 10.1. The molecule has 21 heavy (non-hydrogen) atoms. The first-order valence-electron chi connectivity index (χ1n) is 6.41. The van der Waals surface area contributed by atoms with Crippen LogP contribution in [0.3, 0.4) is 0 Å². The van der Waals surface area contributed by atoms with Crippen LogP contribution in [0.1, 0.15) is 0 Å². The highest BCUT2D eigenvalue weighted by Crippen LogP contribution is 2.35. The third-order valence-electron chi connectivity index (χ3n) is 3.45. The minimum atomic E-state index is 0.422. The van der Waals surface area contributed by atoms with Crippen LogP contribution >= 0.6 is 11.3 Å². The summed E-state index contributed by atoms with van der Waals surface area (Å²) in [6, 6.07) is 10.4. The number of anilines is 1. The predicted molar refractivity (Wildman–Crippen MR) is 83.8 cm³/mol. The molecule has 0 atom stereocenters. The van der Waals surface area contributed by atoms with Crippen LogP contribution in [0, 0.1) is 0 Å². The van der Waals surface area contributed by atoms with Crippen molar-refractivity contribution < 1.29 is 0 Å². The Bertz CT molecular complexity index is 932. The molecular weight excluding hydrogens is 284 g/mol. The van der Waals surface area contributed by atoms with Gasteiger partial charge in [0.25, 0.3) is 0 Å². The zero-order chi connectivity index (χ0) is 14.4. The Morgan fingerprint density at radius 2 is 2.00 bits per heavy atom. The third-order valence-corrected chi connectivity index (χ3v) is 4.59. The first-order valence-corrected chi connectivity index (χ1v) is 7.22. The molecule has 3 heterocycles. The quantitative estimate of drug-likeness (QED) is 0.595. The van der Waals surface area contributed by atoms with Crippen molar-refractivity contribution in [2.75, 3.05) is 5.73 Å². The largest absolute Gasteiger partial charge is 0.380 e. The minimum absolute atomic E-state index is 0.422. The van der Waals surface area contributed by atoms with E-state index >= 15 is 0 Å². The van der Waals surface area contributed by atoms with Gasteiger partial charge in [-0.15, -0.1) is 16.4 Å². The first-order chi connectivity index (χ1) is 10.2. The van der Waals surface area contributed by atoms with Crippen molar-refractivity contribution in [3.63, 3.8) is 0 Å². The fraction of sp³-hybridized carbons (Fsp3) is 0.0714. The summed E-state index contributed by atoms with van der Waals surface area (Å²) in [5.41, 5.74) is 8.76. The van der Waals surface area contributed by atoms with Crippen molar-refractivity contribution in [3.05, 3.63) is 36.5 Å². The van der Waals surface area contributed by atoms with E-state index in [1.165, 1.54) is 0 Å². The van der Waals surface area contributed by atoms with Gasteiger partial charge in [0.2, 0.25) is 0 Å². The van der Waals surface area contributed by atoms with Crippen LogP contribution in [0.15, 0.2) is 36.5 Å². The predicted octanol–water partition coefficient (Wildman–Crippen LogP) is 2.67. The standard InChI is InChI=1S/C14H12N6S/c1-20-10-6-8(2-3-9(10)7-16-20)11-4-5-12(21-11)13-14(15)18-19-17-13/h2-7H,1H3,(H3,15,17,18,19). The lowest BCUT2D eigenvalue weighted by Gasteiger charge is -1.99. The number of nitrogens with one attached hydrogen (secondary N) is 1. The van der Waals surface area contributed by atoms with Crippen LogP contribution in [-0.4, -0.2) is 25.2 Å². The normalized spacial score (nSPS) is 11.3. The van der Waals surface area contributed by atoms with Crippen LogP contribution in [0.25, 0.3) is 31.9 Å². The topological polar surface area (TPSA) is 85.4 Å². The van der Waals surface area contributed by atoms with E-state index < -0.39 is 0 Å². The molecule has 6 nitrogen and oxygen atoms in total. The molecule has 104 valence electrons. The van der Waals surface area contributed by atoms with Crippen molar-refractivity contribution in [1.29, 1.82) is 0 Å². The van der Waals surface area contributed by atoms with Gasteiger partial charge >= 0.3 is 0 Å². The summed E-state index contributed by atoms with van der Waals surface area (Å²) in [5, 5.41) is 15.9. The fourth-order valence-electron chi connectivity index (χ4n) is 2.34. The Morgan fingerprint density at radius 3 is 2.81 bits per heavy atom. The van der Waals surface area contributed by atoms with Gasteiger partial charge in [-0.05, 0) is 23.8 Å². The summed E-state index contributed by atoms with van der Waals surface area (Å²) in [6.07, 6.45) is 1.87. The summed E-state index contributed by atoms with van der Waals surface area (Å²) < 4.78 is 1.88. The summed E-state index contributed by atoms with van der Waals surface area (Å²) in [4.78, 5) is 2.16. The molecule has 4 aromatic rings. The van der Waals surface area contributed by atoms with Gasteiger partial charge in [-0.25, -0.2) is 0 Å². The number of thiophene rings is 1. The number of benzene rings is 1. The molecule has 0 unspecified atom stereocenters. The molecule has 3 aromatic heterocycles. The van der Waals surface area contributed by atoms with Gasteiger partial charge in [0.1, 0.15) is 5.69 Å². The SMILES string of the molecule is Cn1ncc2ccc(-c3ccc(-c4n[nH]nc4N)s3)cc21. The molecule has 0 aliphatic carbocycles. The van der Waals surface area contributed by atoms with Crippen LogP contribution < -0.4 is 5.73 Å². The molecule has 0 aliphatic heterocycles. The van der Waals surface area contributed by atoms with Gasteiger partial charge < -0.3 is 5.73 Å². The number of aryl methyl sites for hydroxylation is 1. The number of fused-ring (bicyclic) bond motifs is 1. The lowest BCUT2D eigenvalue weighted by molar-refractivity contribution is 0.797. The van der Waals surface area contributed by atoms with E-state index in [1.54, 1.807) is 11.3 Å². The maximum Gasteiger partial charge on any atom is 0.174 e. The smallest absolute Gasteiger partial charge is 0.174 e. The molecule has 3 N–H and O–H groups in total. The van der Waals surface area contributed by atoms with Crippen LogP contribution in [-0.2, 0) is 7.05 Å². The molecule has 4 rings (SSSR count). The van der Waals surface area contributed by atoms with Gasteiger partial charge in [-0.1, -0.05) is 12.1 Å². The molecule has 0 amide bonds. The van der Waals surface area contributed by atoms with Crippen molar-refractivity contribution in [2.45, 2.75) is 0 Å². The number of hydrogen-bond acceptors (Lipinski definition) is 5. The van der Waals surface area contributed by atoms with E-state index in [2.05, 4.69) is 44.8 Å². The number of rotatable bonds is 2. The second-order valence-electron chi connectivity index (χ2n) is 4.76. The van der Waals surface area contributed by atoms with E-state index in [4.69, 9.17) is 5.73 Å². The number of aromatic amines is 1. The average Bonchev–Trinajstić information content (AvgIpc) is 3.19. The molecule has 0 radical (unpaired) electrons. The van der Waals surface area contributed by atoms with E-state index in [0.29, 0.717) is 11.5 Å². The lowest BCUT2D eigenvalue weighted by Crippen LogP contribution is -1.88. The Labute approximate surface area is 124 Å². The Balaban J connectivity index is 1.80. The highest BCUT2D eigenvalue weighted by Gasteiger charge is 2.11. The van der Waals surface area contributed by atoms with E-state index in [0.717, 1.165) is 26.2 Å². The number of hydrogen-bond donors (Lipinski definition) is 2. The fourth-order valence-corrected chi connectivity index (χ4v) is 3.34. The third kappa shape index (κ3) is 1.90. The summed E-state index contributed by atoms with van der Waals surface area (Å²) in [7, 11) is 1.95. The second-order valence-corrected chi connectivity index (χ2v) is 5.85. The zero-order valence-electron chi connectivity index (χ0n) is 11.2. The molecule has 0 bridgehead atoms. The highest BCUT2D eigenvalue weighted by atomic mass is 32.1. The number of nitrogens with zero attached hydrogens (tertiary/aromatic N) is 4. The second kappa shape index (κ2) is 4.42. The molecule has 0 fully saturated rings. The molecule has 7 heteroatoms. The Hall–Kier alpha value is -2.67. The molecule has 1 aromatic carbocycles. The van der Waals surface area contributed by atoms with Crippen molar-refractivity contribution >= 4 is 28.1 Å². The van der Waals surface area contributed by atoms with Crippen LogP contribution in [0.5, 0.6) is 0 Å². The van der Waals surface area contributed by atoms with Gasteiger partial charge in [0.15, 0.2) is 5.82 Å². The number of H-pyrrole nitrogens is 1. The van der Waals surface area contributed by atoms with Crippen LogP contribution in [0.2, 0.25) is 0 Å². The zero-order valence-corrected chi connectivity index (χ0v) is 12.1. The van der Waals surface area contributed by atoms with E-state index in [1.807, 2.05) is 24.0 Å². The maximum atomic E-state index is 5.79. The first kappa shape index (κ1) is 12.1. The molecule has 0 saturated carbocycles. The Kier molecular flexibility index (Phi) is 2.55. The summed E-state index contributed by atoms with van der Waals surface area (Å²) in [5.74, 6) is 0.422. The van der Waals surface area contributed by atoms with E-state index in [9.17, 15) is 0 Å². The number of nitrogen functional groups attached to an aromatic ring is 1. The van der Waals surface area contributed by atoms with Crippen molar-refractivity contribution in [3.8, 4) is 21.0 Å².